The molecule has 0 bridgehead atoms. The molecule has 3 heteroatoms. The van der Waals surface area contributed by atoms with Gasteiger partial charge < -0.3 is 10.0 Å². The Morgan fingerprint density at radius 3 is 2.16 bits per heavy atom. The summed E-state index contributed by atoms with van der Waals surface area (Å²) >= 11 is 0. The van der Waals surface area contributed by atoms with Crippen molar-refractivity contribution in [2.75, 3.05) is 7.05 Å². The Kier molecular flexibility index (Phi) is 3.57. The van der Waals surface area contributed by atoms with Gasteiger partial charge in [0, 0.05) is 7.05 Å². The number of phenolic OH excluding ortho intramolecular Hbond substituents is 1. The quantitative estimate of drug-likeness (QED) is 0.779. The molecule has 1 aliphatic heterocycles. The Hall–Kier alpha value is -3.07. The van der Waals surface area contributed by atoms with E-state index in [1.165, 1.54) is 0 Å². The molecular weight excluding hydrogens is 310 g/mol. The molecule has 1 amide bonds. The molecule has 0 saturated heterocycles. The van der Waals surface area contributed by atoms with Crippen LogP contribution in [0.3, 0.4) is 0 Å². The van der Waals surface area contributed by atoms with Crippen LogP contribution in [0.15, 0.2) is 78.9 Å². The lowest BCUT2D eigenvalue weighted by molar-refractivity contribution is -0.134. The Morgan fingerprint density at radius 2 is 1.44 bits per heavy atom. The zero-order valence-electron chi connectivity index (χ0n) is 14.0. The van der Waals surface area contributed by atoms with Crippen LogP contribution in [0.5, 0.6) is 5.75 Å². The van der Waals surface area contributed by atoms with Gasteiger partial charge in [0.15, 0.2) is 0 Å². The number of benzene rings is 3. The van der Waals surface area contributed by atoms with Gasteiger partial charge in [0.25, 0.3) is 0 Å². The van der Waals surface area contributed by atoms with Crippen LogP contribution in [-0.2, 0) is 16.8 Å². The van der Waals surface area contributed by atoms with E-state index in [1.807, 2.05) is 60.5 Å². The van der Waals surface area contributed by atoms with Gasteiger partial charge in [-0.05, 0) is 34.4 Å². The zero-order chi connectivity index (χ0) is 17.4. The number of carbonyl (C=O) groups excluding carboxylic acids is 1. The molecule has 0 aromatic heterocycles. The molecule has 0 aliphatic carbocycles. The van der Waals surface area contributed by atoms with E-state index in [2.05, 4.69) is 18.2 Å². The van der Waals surface area contributed by atoms with Gasteiger partial charge in [0.05, 0.1) is 6.42 Å². The van der Waals surface area contributed by atoms with Crippen LogP contribution < -0.4 is 0 Å². The molecular formula is C22H19NO2. The number of hydrogen-bond acceptors (Lipinski definition) is 2. The first-order valence-corrected chi connectivity index (χ1v) is 8.34. The van der Waals surface area contributed by atoms with E-state index in [0.29, 0.717) is 6.42 Å². The molecule has 0 radical (unpaired) electrons. The third-order valence-electron chi connectivity index (χ3n) is 5.10. The lowest BCUT2D eigenvalue weighted by atomic mass is 9.71. The second kappa shape index (κ2) is 5.78. The summed E-state index contributed by atoms with van der Waals surface area (Å²) in [7, 11) is 1.86. The fourth-order valence-corrected chi connectivity index (χ4v) is 3.92. The number of likely N-dealkylation sites (N-methyl/N-ethyl adjacent to an activating group) is 1. The third-order valence-corrected chi connectivity index (χ3v) is 5.10. The molecule has 4 rings (SSSR count). The summed E-state index contributed by atoms with van der Waals surface area (Å²) < 4.78 is 0. The van der Waals surface area contributed by atoms with Crippen LogP contribution in [0.4, 0.5) is 0 Å². The van der Waals surface area contributed by atoms with Crippen LogP contribution >= 0.6 is 0 Å². The fraction of sp³-hybridized carbons (Fsp3) is 0.136. The molecule has 3 nitrogen and oxygen atoms in total. The summed E-state index contributed by atoms with van der Waals surface area (Å²) in [4.78, 5) is 14.7. The van der Waals surface area contributed by atoms with Gasteiger partial charge in [-0.25, -0.2) is 0 Å². The van der Waals surface area contributed by atoms with Gasteiger partial charge in [-0.3, -0.25) is 4.79 Å². The first-order chi connectivity index (χ1) is 12.1. The number of carbonyl (C=O) groups is 1. The summed E-state index contributed by atoms with van der Waals surface area (Å²) in [5.74, 6) is 0.292. The van der Waals surface area contributed by atoms with Crippen molar-refractivity contribution in [1.29, 1.82) is 0 Å². The fourth-order valence-electron chi connectivity index (χ4n) is 3.92. The maximum atomic E-state index is 12.9. The molecule has 1 heterocycles. The highest BCUT2D eigenvalue weighted by Gasteiger charge is 2.46. The molecule has 0 saturated carbocycles. The minimum atomic E-state index is -0.707. The minimum Gasteiger partial charge on any atom is -0.508 e. The van der Waals surface area contributed by atoms with Crippen molar-refractivity contribution in [2.45, 2.75) is 12.0 Å². The molecule has 25 heavy (non-hydrogen) atoms. The summed E-state index contributed by atoms with van der Waals surface area (Å²) in [5, 5.41) is 9.74. The monoisotopic (exact) mass is 329 g/mol. The van der Waals surface area contributed by atoms with Crippen molar-refractivity contribution in [2.24, 2.45) is 0 Å². The number of phenols is 1. The molecule has 1 unspecified atom stereocenters. The normalized spacial score (nSPS) is 19.6. The molecule has 124 valence electrons. The van der Waals surface area contributed by atoms with Crippen molar-refractivity contribution in [3.63, 3.8) is 0 Å². The van der Waals surface area contributed by atoms with Gasteiger partial charge in [-0.1, -0.05) is 66.7 Å². The van der Waals surface area contributed by atoms with Gasteiger partial charge in [-0.2, -0.15) is 0 Å². The van der Waals surface area contributed by atoms with Crippen LogP contribution in [0.25, 0.3) is 0 Å². The molecule has 1 aliphatic rings. The highest BCUT2D eigenvalue weighted by Crippen LogP contribution is 2.46. The zero-order valence-corrected chi connectivity index (χ0v) is 14.0. The SMILES string of the molecule is CN1C(=O)Cc2ccccc2C1(c1ccccc1)c1ccc(O)cc1. The van der Waals surface area contributed by atoms with Crippen molar-refractivity contribution in [3.8, 4) is 5.75 Å². The number of rotatable bonds is 2. The van der Waals surface area contributed by atoms with Crippen LogP contribution in [0.2, 0.25) is 0 Å². The molecule has 3 aromatic rings. The first-order valence-electron chi connectivity index (χ1n) is 8.34. The van der Waals surface area contributed by atoms with Crippen molar-refractivity contribution in [1.82, 2.24) is 4.90 Å². The van der Waals surface area contributed by atoms with E-state index < -0.39 is 5.54 Å². The predicted molar refractivity (Wildman–Crippen MR) is 97.3 cm³/mol. The van der Waals surface area contributed by atoms with E-state index in [0.717, 1.165) is 22.3 Å². The molecule has 3 aromatic carbocycles. The largest absolute Gasteiger partial charge is 0.508 e. The Bertz CT molecular complexity index is 918. The van der Waals surface area contributed by atoms with Gasteiger partial charge in [0.2, 0.25) is 5.91 Å². The standard InChI is InChI=1S/C22H19NO2/c1-23-21(25)15-16-7-5-6-10-20(16)22(23,17-8-3-2-4-9-17)18-11-13-19(24)14-12-18/h2-14,24H,15H2,1H3. The highest BCUT2D eigenvalue weighted by molar-refractivity contribution is 5.84. The van der Waals surface area contributed by atoms with E-state index in [-0.39, 0.29) is 11.7 Å². The highest BCUT2D eigenvalue weighted by atomic mass is 16.3. The lowest BCUT2D eigenvalue weighted by Crippen LogP contribution is -2.53. The predicted octanol–water partition coefficient (Wildman–Crippen LogP) is 3.70. The average molecular weight is 329 g/mol. The number of aromatic hydroxyl groups is 1. The van der Waals surface area contributed by atoms with Gasteiger partial charge in [0.1, 0.15) is 11.3 Å². The second-order valence-electron chi connectivity index (χ2n) is 6.41. The Labute approximate surface area is 147 Å². The van der Waals surface area contributed by atoms with Gasteiger partial charge >= 0.3 is 0 Å². The number of amides is 1. The molecule has 0 spiro atoms. The van der Waals surface area contributed by atoms with Crippen molar-refractivity contribution >= 4 is 5.91 Å². The molecule has 1 N–H and O–H groups in total. The summed E-state index contributed by atoms with van der Waals surface area (Å²) in [6, 6.07) is 25.3. The topological polar surface area (TPSA) is 40.5 Å². The van der Waals surface area contributed by atoms with E-state index in [1.54, 1.807) is 12.1 Å². The molecule has 0 fully saturated rings. The summed E-state index contributed by atoms with van der Waals surface area (Å²) in [5.41, 5.74) is 3.43. The number of nitrogens with zero attached hydrogens (tertiary/aromatic N) is 1. The van der Waals surface area contributed by atoms with E-state index in [9.17, 15) is 9.90 Å². The lowest BCUT2D eigenvalue weighted by Gasteiger charge is -2.47. The van der Waals surface area contributed by atoms with E-state index in [4.69, 9.17) is 0 Å². The average Bonchev–Trinajstić information content (AvgIpc) is 2.65. The van der Waals surface area contributed by atoms with Crippen molar-refractivity contribution in [3.05, 3.63) is 101 Å². The van der Waals surface area contributed by atoms with Gasteiger partial charge in [-0.15, -0.1) is 0 Å². The summed E-state index contributed by atoms with van der Waals surface area (Å²) in [6.45, 7) is 0. The van der Waals surface area contributed by atoms with E-state index >= 15 is 0 Å². The third kappa shape index (κ3) is 2.23. The second-order valence-corrected chi connectivity index (χ2v) is 6.41. The summed E-state index contributed by atoms with van der Waals surface area (Å²) in [6.07, 6.45) is 0.402. The van der Waals surface area contributed by atoms with Crippen LogP contribution in [-0.4, -0.2) is 23.0 Å². The smallest absolute Gasteiger partial charge is 0.228 e. The Morgan fingerprint density at radius 1 is 0.840 bits per heavy atom. The minimum absolute atomic E-state index is 0.0793. The number of hydrogen-bond donors (Lipinski definition) is 1. The maximum absolute atomic E-state index is 12.9. The molecule has 1 atom stereocenters. The van der Waals surface area contributed by atoms with Crippen LogP contribution in [0.1, 0.15) is 22.3 Å². The first kappa shape index (κ1) is 15.5. The van der Waals surface area contributed by atoms with Crippen molar-refractivity contribution < 1.29 is 9.90 Å². The Balaban J connectivity index is 2.11. The number of fused-ring (bicyclic) bond motifs is 1. The van der Waals surface area contributed by atoms with Crippen LogP contribution in [0, 0.1) is 0 Å². The maximum Gasteiger partial charge on any atom is 0.228 e.